The zero-order valence-electron chi connectivity index (χ0n) is 14.2. The van der Waals surface area contributed by atoms with E-state index in [4.69, 9.17) is 9.47 Å². The molecule has 0 spiro atoms. The first-order valence-corrected chi connectivity index (χ1v) is 8.19. The number of hydrogen-bond donors (Lipinski definition) is 3. The Morgan fingerprint density at radius 3 is 2.58 bits per heavy atom. The molecule has 1 unspecified atom stereocenters. The molecule has 3 rings (SSSR count). The lowest BCUT2D eigenvalue weighted by atomic mass is 9.75. The van der Waals surface area contributed by atoms with E-state index in [0.717, 1.165) is 0 Å². The monoisotopic (exact) mass is 340 g/mol. The molecule has 0 bridgehead atoms. The number of aliphatic hydroxyl groups is 3. The summed E-state index contributed by atoms with van der Waals surface area (Å²) in [6.45, 7) is 5.98. The van der Waals surface area contributed by atoms with Crippen LogP contribution in [0, 0.1) is 17.8 Å². The van der Waals surface area contributed by atoms with Gasteiger partial charge in [0.25, 0.3) is 0 Å². The molecule has 7 heteroatoms. The van der Waals surface area contributed by atoms with Gasteiger partial charge in [0.05, 0.1) is 17.4 Å². The standard InChI is InChI=1S/C17H24O7/c1-7-12-10(23-8(2)18)6-16(3,21)9-5-11(19)17(4,22)13(9)14(12)24-15(7)20/h5,7,10-14,19,21-22H,6H2,1-4H3/t7-,10-,11+,12?,13-,14-,16-,17+/m0/s1. The van der Waals surface area contributed by atoms with Gasteiger partial charge in [0.15, 0.2) is 0 Å². The van der Waals surface area contributed by atoms with Crippen LogP contribution < -0.4 is 0 Å². The van der Waals surface area contributed by atoms with Crippen LogP contribution in [-0.4, -0.2) is 56.8 Å². The van der Waals surface area contributed by atoms with E-state index in [1.807, 2.05) is 0 Å². The van der Waals surface area contributed by atoms with Crippen molar-refractivity contribution in [3.63, 3.8) is 0 Å². The molecule has 0 radical (unpaired) electrons. The molecule has 3 N–H and O–H groups in total. The van der Waals surface area contributed by atoms with Gasteiger partial charge in [-0.15, -0.1) is 0 Å². The summed E-state index contributed by atoms with van der Waals surface area (Å²) in [7, 11) is 0. The van der Waals surface area contributed by atoms with Crippen LogP contribution in [0.2, 0.25) is 0 Å². The van der Waals surface area contributed by atoms with Crippen molar-refractivity contribution < 1.29 is 34.4 Å². The molecule has 24 heavy (non-hydrogen) atoms. The molecule has 0 aromatic heterocycles. The van der Waals surface area contributed by atoms with Crippen molar-refractivity contribution in [1.82, 2.24) is 0 Å². The molecule has 2 aliphatic carbocycles. The average molecular weight is 340 g/mol. The van der Waals surface area contributed by atoms with Crippen molar-refractivity contribution in [1.29, 1.82) is 0 Å². The maximum Gasteiger partial charge on any atom is 0.309 e. The number of fused-ring (bicyclic) bond motifs is 3. The molecule has 2 fully saturated rings. The number of hydrogen-bond acceptors (Lipinski definition) is 7. The van der Waals surface area contributed by atoms with E-state index in [-0.39, 0.29) is 6.42 Å². The average Bonchev–Trinajstić information content (AvgIpc) is 2.80. The normalized spacial score (nSPS) is 50.5. The van der Waals surface area contributed by atoms with Crippen LogP contribution in [0.25, 0.3) is 0 Å². The summed E-state index contributed by atoms with van der Waals surface area (Å²) in [5.41, 5.74) is -2.56. The van der Waals surface area contributed by atoms with Crippen molar-refractivity contribution >= 4 is 11.9 Å². The largest absolute Gasteiger partial charge is 0.462 e. The zero-order chi connectivity index (χ0) is 18.0. The van der Waals surface area contributed by atoms with Crippen molar-refractivity contribution in [2.24, 2.45) is 17.8 Å². The Morgan fingerprint density at radius 2 is 2.00 bits per heavy atom. The number of aliphatic hydroxyl groups excluding tert-OH is 1. The highest BCUT2D eigenvalue weighted by atomic mass is 16.6. The molecule has 1 saturated carbocycles. The molecule has 1 heterocycles. The second kappa shape index (κ2) is 5.28. The minimum absolute atomic E-state index is 0.0693. The maximum atomic E-state index is 12.1. The number of esters is 2. The van der Waals surface area contributed by atoms with Crippen LogP contribution in [0.1, 0.15) is 34.1 Å². The summed E-state index contributed by atoms with van der Waals surface area (Å²) in [4.78, 5) is 23.6. The van der Waals surface area contributed by atoms with Crippen molar-refractivity contribution in [2.75, 3.05) is 0 Å². The molecule has 0 aromatic carbocycles. The topological polar surface area (TPSA) is 113 Å². The molecule has 134 valence electrons. The van der Waals surface area contributed by atoms with E-state index in [9.17, 15) is 24.9 Å². The van der Waals surface area contributed by atoms with E-state index in [2.05, 4.69) is 0 Å². The van der Waals surface area contributed by atoms with E-state index in [1.54, 1.807) is 13.8 Å². The lowest BCUT2D eigenvalue weighted by molar-refractivity contribution is -0.155. The van der Waals surface area contributed by atoms with Crippen LogP contribution in [0.5, 0.6) is 0 Å². The first kappa shape index (κ1) is 17.4. The molecule has 0 amide bonds. The van der Waals surface area contributed by atoms with Gasteiger partial charge < -0.3 is 24.8 Å². The molecular formula is C17H24O7. The quantitative estimate of drug-likeness (QED) is 0.452. The van der Waals surface area contributed by atoms with Crippen molar-refractivity contribution in [3.05, 3.63) is 11.6 Å². The van der Waals surface area contributed by atoms with E-state index < -0.39 is 59.2 Å². The summed E-state index contributed by atoms with van der Waals surface area (Å²) >= 11 is 0. The van der Waals surface area contributed by atoms with E-state index >= 15 is 0 Å². The predicted molar refractivity (Wildman–Crippen MR) is 81.5 cm³/mol. The highest BCUT2D eigenvalue weighted by Gasteiger charge is 2.63. The van der Waals surface area contributed by atoms with E-state index in [1.165, 1.54) is 19.9 Å². The number of ether oxygens (including phenoxy) is 2. The lowest BCUT2D eigenvalue weighted by Gasteiger charge is -2.36. The van der Waals surface area contributed by atoms with Gasteiger partial charge in [-0.1, -0.05) is 13.0 Å². The van der Waals surface area contributed by atoms with Gasteiger partial charge in [0.2, 0.25) is 0 Å². The fraction of sp³-hybridized carbons (Fsp3) is 0.765. The number of carbonyl (C=O) groups excluding carboxylic acids is 2. The van der Waals surface area contributed by atoms with Gasteiger partial charge in [-0.25, -0.2) is 0 Å². The predicted octanol–water partition coefficient (Wildman–Crippen LogP) is -0.0814. The zero-order valence-corrected chi connectivity index (χ0v) is 14.2. The Balaban J connectivity index is 2.12. The SMILES string of the molecule is CC(=O)O[C@H]1C[C@](C)(O)C2=C[C@@H](O)[C@@](C)(O)[C@@H]2[C@H]2OC(=O)[C@@H](C)C12. The van der Waals surface area contributed by atoms with Crippen molar-refractivity contribution in [3.8, 4) is 0 Å². The smallest absolute Gasteiger partial charge is 0.309 e. The Morgan fingerprint density at radius 1 is 1.38 bits per heavy atom. The fourth-order valence-corrected chi connectivity index (χ4v) is 4.53. The summed E-state index contributed by atoms with van der Waals surface area (Å²) in [6.07, 6.45) is -1.17. The second-order valence-electron chi connectivity index (χ2n) is 7.66. The molecule has 3 aliphatic rings. The summed E-state index contributed by atoms with van der Waals surface area (Å²) in [5.74, 6) is -2.74. The van der Waals surface area contributed by atoms with Crippen LogP contribution in [0.4, 0.5) is 0 Å². The minimum Gasteiger partial charge on any atom is -0.462 e. The minimum atomic E-state index is -1.59. The summed E-state index contributed by atoms with van der Waals surface area (Å²) in [6, 6.07) is 0. The van der Waals surface area contributed by atoms with E-state index in [0.29, 0.717) is 5.57 Å². The molecule has 0 aromatic rings. The number of carbonyl (C=O) groups is 2. The highest BCUT2D eigenvalue weighted by molar-refractivity contribution is 5.75. The van der Waals surface area contributed by atoms with Crippen LogP contribution in [0.15, 0.2) is 11.6 Å². The van der Waals surface area contributed by atoms with Crippen LogP contribution in [0.3, 0.4) is 0 Å². The lowest BCUT2D eigenvalue weighted by Crippen LogP contribution is -2.49. The summed E-state index contributed by atoms with van der Waals surface area (Å²) < 4.78 is 10.9. The summed E-state index contributed by atoms with van der Waals surface area (Å²) in [5, 5.41) is 31.9. The third-order valence-electron chi connectivity index (χ3n) is 5.78. The van der Waals surface area contributed by atoms with Gasteiger partial charge in [0.1, 0.15) is 23.9 Å². The third-order valence-corrected chi connectivity index (χ3v) is 5.78. The van der Waals surface area contributed by atoms with Gasteiger partial charge >= 0.3 is 11.9 Å². The first-order chi connectivity index (χ1) is 11.0. The Hall–Kier alpha value is -1.44. The molecule has 1 saturated heterocycles. The van der Waals surface area contributed by atoms with Gasteiger partial charge in [-0.3, -0.25) is 9.59 Å². The fourth-order valence-electron chi connectivity index (χ4n) is 4.53. The van der Waals surface area contributed by atoms with Gasteiger partial charge in [0, 0.05) is 19.3 Å². The van der Waals surface area contributed by atoms with Gasteiger partial charge in [-0.2, -0.15) is 0 Å². The molecule has 1 aliphatic heterocycles. The van der Waals surface area contributed by atoms with Crippen molar-refractivity contribution in [2.45, 2.75) is 63.6 Å². The van der Waals surface area contributed by atoms with Crippen LogP contribution in [-0.2, 0) is 19.1 Å². The molecular weight excluding hydrogens is 316 g/mol. The Bertz CT molecular complexity index is 606. The second-order valence-corrected chi connectivity index (χ2v) is 7.66. The maximum absolute atomic E-state index is 12.1. The Kier molecular flexibility index (Phi) is 3.82. The molecule has 7 nitrogen and oxygen atoms in total. The van der Waals surface area contributed by atoms with Crippen LogP contribution >= 0.6 is 0 Å². The Labute approximate surface area is 140 Å². The number of rotatable bonds is 1. The first-order valence-electron chi connectivity index (χ1n) is 8.19. The molecule has 8 atom stereocenters. The van der Waals surface area contributed by atoms with Gasteiger partial charge in [-0.05, 0) is 19.4 Å². The highest BCUT2D eigenvalue weighted by Crippen LogP contribution is 2.53. The third kappa shape index (κ3) is 2.37.